The van der Waals surface area contributed by atoms with E-state index in [0.717, 1.165) is 21.7 Å². The summed E-state index contributed by atoms with van der Waals surface area (Å²) in [6, 6.07) is 6.85. The molecule has 240 valence electrons. The molecule has 4 N–H and O–H groups in total. The fraction of sp³-hybridized carbons (Fsp3) is 0.581. The van der Waals surface area contributed by atoms with Crippen LogP contribution in [0.1, 0.15) is 38.4 Å². The second-order valence-electron chi connectivity index (χ2n) is 12.3. The molecule has 0 spiro atoms. The van der Waals surface area contributed by atoms with E-state index in [4.69, 9.17) is 5.11 Å². The fourth-order valence-corrected chi connectivity index (χ4v) is 6.47. The molecular weight excluding hydrogens is 584 g/mol. The average molecular weight is 629 g/mol. The van der Waals surface area contributed by atoms with Crippen LogP contribution in [-0.4, -0.2) is 124 Å². The minimum Gasteiger partial charge on any atom is -0.480 e. The molecule has 12 nitrogen and oxygen atoms in total. The van der Waals surface area contributed by atoms with Gasteiger partial charge in [-0.2, -0.15) is 0 Å². The van der Waals surface area contributed by atoms with E-state index in [9.17, 15) is 24.3 Å². The van der Waals surface area contributed by atoms with Crippen LogP contribution in [0.4, 0.5) is 0 Å². The average Bonchev–Trinajstić information content (AvgIpc) is 3.58. The van der Waals surface area contributed by atoms with Crippen LogP contribution in [-0.2, 0) is 25.6 Å². The lowest BCUT2D eigenvalue weighted by molar-refractivity contribution is -0.147. The third-order valence-corrected chi connectivity index (χ3v) is 9.70. The van der Waals surface area contributed by atoms with E-state index in [-0.39, 0.29) is 43.8 Å². The number of carboxylic acid groups (broad SMARTS) is 1. The summed E-state index contributed by atoms with van der Waals surface area (Å²) in [7, 11) is 0. The van der Waals surface area contributed by atoms with Crippen molar-refractivity contribution in [3.8, 4) is 10.4 Å². The van der Waals surface area contributed by atoms with E-state index in [0.29, 0.717) is 39.1 Å². The van der Waals surface area contributed by atoms with Crippen molar-refractivity contribution in [3.63, 3.8) is 0 Å². The Morgan fingerprint density at radius 3 is 2.30 bits per heavy atom. The number of β-amino-alcohol motifs (C(OH)–C–C–N with tert-alkyl or cyclic N) is 1. The predicted molar refractivity (Wildman–Crippen MR) is 167 cm³/mol. The van der Waals surface area contributed by atoms with Crippen LogP contribution in [0.15, 0.2) is 29.8 Å². The van der Waals surface area contributed by atoms with Crippen molar-refractivity contribution in [3.05, 3.63) is 41.0 Å². The number of thiazole rings is 1. The third-order valence-electron chi connectivity index (χ3n) is 8.72. The number of nitrogens with zero attached hydrogens (tertiary/aromatic N) is 4. The van der Waals surface area contributed by atoms with Gasteiger partial charge in [0, 0.05) is 51.7 Å². The van der Waals surface area contributed by atoms with Crippen LogP contribution in [0, 0.1) is 12.3 Å². The standard InChI is InChI=1S/C31H44N6O6S/c1-20-28(44-19-33-20)23-7-5-22(6-8-23)9-10-32-29(42)25-15-24(38)16-37(25)30(43)31(3,4)21(2)34-26(39)17-35-11-13-36(14-12-35)18-27(40)41/h5-8,19,21,24-25,38H,9-18H2,1-4H3,(H,32,42)(H,34,39)(H,40,41)/t21-,24+,25-/m0/s1. The molecule has 4 rings (SSSR count). The Morgan fingerprint density at radius 2 is 1.70 bits per heavy atom. The number of hydrogen-bond donors (Lipinski definition) is 4. The number of likely N-dealkylation sites (tertiary alicyclic amines) is 1. The molecule has 44 heavy (non-hydrogen) atoms. The van der Waals surface area contributed by atoms with Gasteiger partial charge in [-0.15, -0.1) is 11.3 Å². The van der Waals surface area contributed by atoms with Crippen LogP contribution in [0.2, 0.25) is 0 Å². The van der Waals surface area contributed by atoms with E-state index < -0.39 is 29.6 Å². The van der Waals surface area contributed by atoms with E-state index in [1.54, 1.807) is 32.1 Å². The molecule has 1 aromatic heterocycles. The molecule has 0 bridgehead atoms. The fourth-order valence-electron chi connectivity index (χ4n) is 5.66. The maximum Gasteiger partial charge on any atom is 0.317 e. The van der Waals surface area contributed by atoms with Gasteiger partial charge in [-0.3, -0.25) is 29.0 Å². The number of piperazine rings is 1. The van der Waals surface area contributed by atoms with Crippen molar-refractivity contribution in [1.29, 1.82) is 0 Å². The van der Waals surface area contributed by atoms with E-state index in [2.05, 4.69) is 27.8 Å². The number of rotatable bonds is 12. The molecule has 2 aliphatic rings. The van der Waals surface area contributed by atoms with Crippen molar-refractivity contribution in [2.75, 3.05) is 52.4 Å². The summed E-state index contributed by atoms with van der Waals surface area (Å²) in [5, 5.41) is 25.3. The van der Waals surface area contributed by atoms with Gasteiger partial charge in [0.1, 0.15) is 6.04 Å². The SMILES string of the molecule is Cc1ncsc1-c1ccc(CCNC(=O)[C@@H]2C[C@@H](O)CN2C(=O)C(C)(C)[C@H](C)NC(=O)CN2CCN(CC(=O)O)CC2)cc1. The van der Waals surface area contributed by atoms with Crippen LogP contribution >= 0.6 is 11.3 Å². The Bertz CT molecular complexity index is 1320. The minimum absolute atomic E-state index is 0.0142. The highest BCUT2D eigenvalue weighted by atomic mass is 32.1. The Morgan fingerprint density at radius 1 is 1.07 bits per heavy atom. The molecule has 2 fully saturated rings. The van der Waals surface area contributed by atoms with Gasteiger partial charge in [0.25, 0.3) is 0 Å². The van der Waals surface area contributed by atoms with Gasteiger partial charge >= 0.3 is 5.97 Å². The summed E-state index contributed by atoms with van der Waals surface area (Å²) in [5.41, 5.74) is 3.98. The Kier molecular flexibility index (Phi) is 11.1. The molecule has 13 heteroatoms. The number of aliphatic carboxylic acids is 1. The molecular formula is C31H44N6O6S. The smallest absolute Gasteiger partial charge is 0.317 e. The van der Waals surface area contributed by atoms with Gasteiger partial charge in [-0.05, 0) is 45.2 Å². The number of nitrogens with one attached hydrogen (secondary N) is 2. The number of carboxylic acids is 1. The van der Waals surface area contributed by atoms with Gasteiger partial charge in [0.2, 0.25) is 17.7 Å². The third kappa shape index (κ3) is 8.40. The Balaban J connectivity index is 1.26. The van der Waals surface area contributed by atoms with Crippen molar-refractivity contribution in [1.82, 2.24) is 30.3 Å². The number of benzene rings is 1. The van der Waals surface area contributed by atoms with Gasteiger partial charge in [-0.25, -0.2) is 4.98 Å². The summed E-state index contributed by atoms with van der Waals surface area (Å²) < 4.78 is 0. The number of aliphatic hydroxyl groups excluding tert-OH is 1. The molecule has 3 heterocycles. The molecule has 2 aliphatic heterocycles. The number of hydrogen-bond acceptors (Lipinski definition) is 9. The first-order valence-corrected chi connectivity index (χ1v) is 15.9. The summed E-state index contributed by atoms with van der Waals surface area (Å²) in [6.45, 7) is 10.1. The van der Waals surface area contributed by atoms with Gasteiger partial charge in [0.15, 0.2) is 0 Å². The molecule has 2 aromatic rings. The van der Waals surface area contributed by atoms with Gasteiger partial charge in [-0.1, -0.05) is 24.3 Å². The minimum atomic E-state index is -1.03. The van der Waals surface area contributed by atoms with Crippen LogP contribution < -0.4 is 10.6 Å². The quantitative estimate of drug-likeness (QED) is 0.269. The van der Waals surface area contributed by atoms with Crippen molar-refractivity contribution < 1.29 is 29.4 Å². The predicted octanol–water partition coefficient (Wildman–Crippen LogP) is 0.972. The molecule has 1 aromatic carbocycles. The summed E-state index contributed by atoms with van der Waals surface area (Å²) in [6.07, 6.45) is -0.0245. The molecule has 0 radical (unpaired) electrons. The van der Waals surface area contributed by atoms with Gasteiger partial charge in [0.05, 0.1) is 40.7 Å². The number of aliphatic hydroxyl groups is 1. The first-order valence-electron chi connectivity index (χ1n) is 15.1. The van der Waals surface area contributed by atoms with Crippen LogP contribution in [0.5, 0.6) is 0 Å². The molecule has 3 amide bonds. The molecule has 2 saturated heterocycles. The summed E-state index contributed by atoms with van der Waals surface area (Å²) in [4.78, 5) is 61.4. The number of aryl methyl sites for hydroxylation is 1. The van der Waals surface area contributed by atoms with E-state index in [1.807, 2.05) is 34.4 Å². The summed E-state index contributed by atoms with van der Waals surface area (Å²) in [5.74, 6) is -1.71. The van der Waals surface area contributed by atoms with Gasteiger partial charge < -0.3 is 25.7 Å². The van der Waals surface area contributed by atoms with E-state index in [1.165, 1.54) is 4.90 Å². The highest BCUT2D eigenvalue weighted by Gasteiger charge is 2.46. The normalized spacial score (nSPS) is 20.3. The molecule has 0 unspecified atom stereocenters. The van der Waals surface area contributed by atoms with Crippen molar-refractivity contribution in [2.24, 2.45) is 5.41 Å². The highest BCUT2D eigenvalue weighted by molar-refractivity contribution is 7.13. The monoisotopic (exact) mass is 628 g/mol. The maximum atomic E-state index is 13.7. The topological polar surface area (TPSA) is 155 Å². The first kappa shape index (κ1) is 33.5. The summed E-state index contributed by atoms with van der Waals surface area (Å²) >= 11 is 1.60. The second kappa shape index (κ2) is 14.6. The zero-order chi connectivity index (χ0) is 32.0. The number of amides is 3. The number of carbonyl (C=O) groups excluding carboxylic acids is 3. The Hall–Kier alpha value is -3.39. The molecule has 0 aliphatic carbocycles. The molecule has 0 saturated carbocycles. The second-order valence-corrected chi connectivity index (χ2v) is 13.2. The zero-order valence-electron chi connectivity index (χ0n) is 25.9. The zero-order valence-corrected chi connectivity index (χ0v) is 26.7. The number of carbonyl (C=O) groups is 4. The van der Waals surface area contributed by atoms with E-state index >= 15 is 0 Å². The van der Waals surface area contributed by atoms with Crippen LogP contribution in [0.3, 0.4) is 0 Å². The maximum absolute atomic E-state index is 13.7. The Labute approximate surface area is 262 Å². The van der Waals surface area contributed by atoms with Crippen molar-refractivity contribution in [2.45, 2.75) is 58.7 Å². The van der Waals surface area contributed by atoms with Crippen molar-refractivity contribution >= 4 is 35.0 Å². The van der Waals surface area contributed by atoms with Crippen LogP contribution in [0.25, 0.3) is 10.4 Å². The first-order chi connectivity index (χ1) is 20.8. The lowest BCUT2D eigenvalue weighted by atomic mass is 9.83. The largest absolute Gasteiger partial charge is 0.480 e. The lowest BCUT2D eigenvalue weighted by Gasteiger charge is -2.37. The highest BCUT2D eigenvalue weighted by Crippen LogP contribution is 2.30. The number of aromatic nitrogens is 1. The molecule has 3 atom stereocenters. The lowest BCUT2D eigenvalue weighted by Crippen LogP contribution is -2.57.